The van der Waals surface area contributed by atoms with Gasteiger partial charge in [-0.25, -0.2) is 4.98 Å². The predicted octanol–water partition coefficient (Wildman–Crippen LogP) is 3.29. The van der Waals surface area contributed by atoms with E-state index in [0.717, 1.165) is 31.0 Å². The number of piperazine rings is 1. The summed E-state index contributed by atoms with van der Waals surface area (Å²) in [6.07, 6.45) is 1.42. The topological polar surface area (TPSA) is 103 Å². The number of carbonyl (C=O) groups excluding carboxylic acids is 1. The van der Waals surface area contributed by atoms with E-state index in [9.17, 15) is 9.90 Å². The Bertz CT molecular complexity index is 1190. The van der Waals surface area contributed by atoms with Crippen molar-refractivity contribution in [3.63, 3.8) is 0 Å². The standard InChI is InChI=1S/C23H22Cl2N6O3/c24-18-2-1-3-19(25)20(18)31-13-34-21-17(22(31)33)10-27-23(29-21)28-14-4-6-16(7-5-14)30-9-8-26-15(11-30)12-32/h1-7,10,15,26,32H,8-9,11-13H2,(H,27,28,29). The van der Waals surface area contributed by atoms with E-state index in [2.05, 4.69) is 25.5 Å². The van der Waals surface area contributed by atoms with Gasteiger partial charge in [0.15, 0.2) is 6.73 Å². The summed E-state index contributed by atoms with van der Waals surface area (Å²) < 4.78 is 5.73. The second kappa shape index (κ2) is 9.63. The van der Waals surface area contributed by atoms with Gasteiger partial charge in [-0.15, -0.1) is 0 Å². The fraction of sp³-hybridized carbons (Fsp3) is 0.261. The maximum Gasteiger partial charge on any atom is 0.268 e. The zero-order valence-electron chi connectivity index (χ0n) is 18.0. The molecule has 1 unspecified atom stereocenters. The second-order valence-corrected chi connectivity index (χ2v) is 8.76. The molecule has 11 heteroatoms. The summed E-state index contributed by atoms with van der Waals surface area (Å²) >= 11 is 12.5. The minimum Gasteiger partial charge on any atom is -0.455 e. The highest BCUT2D eigenvalue weighted by Crippen LogP contribution is 2.37. The molecule has 0 radical (unpaired) electrons. The number of benzene rings is 2. The molecule has 3 aromatic rings. The predicted molar refractivity (Wildman–Crippen MR) is 132 cm³/mol. The van der Waals surface area contributed by atoms with Gasteiger partial charge in [-0.05, 0) is 36.4 Å². The number of aliphatic hydroxyl groups excluding tert-OH is 1. The van der Waals surface area contributed by atoms with E-state index in [1.165, 1.54) is 11.1 Å². The number of para-hydroxylation sites is 1. The van der Waals surface area contributed by atoms with Crippen LogP contribution in [0.1, 0.15) is 10.4 Å². The fourth-order valence-corrected chi connectivity index (χ4v) is 4.59. The first-order valence-corrected chi connectivity index (χ1v) is 11.5. The number of halogens is 2. The molecule has 176 valence electrons. The van der Waals surface area contributed by atoms with Crippen LogP contribution in [0.5, 0.6) is 5.88 Å². The van der Waals surface area contributed by atoms with E-state index in [0.29, 0.717) is 21.7 Å². The highest BCUT2D eigenvalue weighted by molar-refractivity contribution is 6.40. The van der Waals surface area contributed by atoms with Crippen molar-refractivity contribution >= 4 is 52.1 Å². The molecule has 1 atom stereocenters. The van der Waals surface area contributed by atoms with Gasteiger partial charge in [0, 0.05) is 43.2 Å². The van der Waals surface area contributed by atoms with Gasteiger partial charge in [0.05, 0.1) is 22.3 Å². The van der Waals surface area contributed by atoms with E-state index in [-0.39, 0.29) is 36.7 Å². The molecule has 3 N–H and O–H groups in total. The summed E-state index contributed by atoms with van der Waals surface area (Å²) in [4.78, 5) is 25.3. The first kappa shape index (κ1) is 22.7. The summed E-state index contributed by atoms with van der Waals surface area (Å²) in [6, 6.07) is 13.0. The lowest BCUT2D eigenvalue weighted by Crippen LogP contribution is -2.52. The van der Waals surface area contributed by atoms with E-state index in [1.54, 1.807) is 18.2 Å². The van der Waals surface area contributed by atoms with Crippen molar-refractivity contribution in [2.75, 3.05) is 48.1 Å². The Morgan fingerprint density at radius 1 is 1.18 bits per heavy atom. The Hall–Kier alpha value is -3.11. The molecule has 1 saturated heterocycles. The van der Waals surface area contributed by atoms with Gasteiger partial charge >= 0.3 is 0 Å². The van der Waals surface area contributed by atoms with Crippen LogP contribution >= 0.6 is 23.2 Å². The van der Waals surface area contributed by atoms with E-state index in [4.69, 9.17) is 27.9 Å². The lowest BCUT2D eigenvalue weighted by atomic mass is 10.2. The number of aromatic nitrogens is 2. The molecule has 1 amide bonds. The third kappa shape index (κ3) is 4.47. The molecule has 9 nitrogen and oxygen atoms in total. The van der Waals surface area contributed by atoms with Gasteiger partial charge in [-0.2, -0.15) is 4.98 Å². The van der Waals surface area contributed by atoms with Crippen molar-refractivity contribution in [1.29, 1.82) is 0 Å². The zero-order chi connectivity index (χ0) is 23.7. The third-order valence-electron chi connectivity index (χ3n) is 5.73. The van der Waals surface area contributed by atoms with Gasteiger partial charge in [0.2, 0.25) is 11.8 Å². The van der Waals surface area contributed by atoms with Crippen molar-refractivity contribution < 1.29 is 14.6 Å². The maximum atomic E-state index is 13.0. The molecular formula is C23H22Cl2N6O3. The van der Waals surface area contributed by atoms with Gasteiger partial charge < -0.3 is 25.4 Å². The van der Waals surface area contributed by atoms with E-state index in [1.807, 2.05) is 24.3 Å². The second-order valence-electron chi connectivity index (χ2n) is 7.94. The van der Waals surface area contributed by atoms with Crippen LogP contribution in [-0.2, 0) is 0 Å². The summed E-state index contributed by atoms with van der Waals surface area (Å²) in [6.45, 7) is 2.49. The number of hydrogen-bond donors (Lipinski definition) is 3. The molecule has 3 heterocycles. The van der Waals surface area contributed by atoms with Crippen LogP contribution in [0, 0.1) is 0 Å². The summed E-state index contributed by atoms with van der Waals surface area (Å²) in [5.74, 6) is 0.157. The normalized spacial score (nSPS) is 17.9. The van der Waals surface area contributed by atoms with Crippen LogP contribution < -0.4 is 25.2 Å². The smallest absolute Gasteiger partial charge is 0.268 e. The Morgan fingerprint density at radius 3 is 2.68 bits per heavy atom. The van der Waals surface area contributed by atoms with Gasteiger partial charge in [0.1, 0.15) is 5.56 Å². The van der Waals surface area contributed by atoms with Crippen LogP contribution in [-0.4, -0.2) is 60.0 Å². The Morgan fingerprint density at radius 2 is 1.94 bits per heavy atom. The number of anilines is 4. The number of hydrogen-bond acceptors (Lipinski definition) is 8. The average molecular weight is 501 g/mol. The Labute approximate surface area is 206 Å². The number of amides is 1. The average Bonchev–Trinajstić information content (AvgIpc) is 2.86. The molecule has 2 aliphatic rings. The van der Waals surface area contributed by atoms with Crippen molar-refractivity contribution in [1.82, 2.24) is 15.3 Å². The lowest BCUT2D eigenvalue weighted by Gasteiger charge is -2.34. The van der Waals surface area contributed by atoms with Gasteiger partial charge in [-0.3, -0.25) is 9.69 Å². The molecule has 0 aliphatic carbocycles. The molecule has 0 saturated carbocycles. The summed E-state index contributed by atoms with van der Waals surface area (Å²) in [5.41, 5.74) is 2.48. The first-order valence-electron chi connectivity index (χ1n) is 10.8. The first-order chi connectivity index (χ1) is 16.5. The molecule has 5 rings (SSSR count). The molecule has 1 aromatic heterocycles. The van der Waals surface area contributed by atoms with Crippen LogP contribution in [0.4, 0.5) is 23.0 Å². The number of aliphatic hydroxyl groups is 1. The minimum absolute atomic E-state index is 0.0695. The van der Waals surface area contributed by atoms with E-state index >= 15 is 0 Å². The molecular weight excluding hydrogens is 479 g/mol. The number of rotatable bonds is 5. The fourth-order valence-electron chi connectivity index (χ4n) is 3.99. The molecule has 34 heavy (non-hydrogen) atoms. The number of nitrogens with one attached hydrogen (secondary N) is 2. The monoisotopic (exact) mass is 500 g/mol. The van der Waals surface area contributed by atoms with Crippen LogP contribution in [0.25, 0.3) is 0 Å². The highest BCUT2D eigenvalue weighted by Gasteiger charge is 2.31. The number of ether oxygens (including phenoxy) is 1. The van der Waals surface area contributed by atoms with Gasteiger partial charge in [-0.1, -0.05) is 29.3 Å². The summed E-state index contributed by atoms with van der Waals surface area (Å²) in [7, 11) is 0. The zero-order valence-corrected chi connectivity index (χ0v) is 19.6. The van der Waals surface area contributed by atoms with Crippen molar-refractivity contribution in [3.05, 3.63) is 64.3 Å². The quantitative estimate of drug-likeness (QED) is 0.490. The van der Waals surface area contributed by atoms with Crippen LogP contribution in [0.3, 0.4) is 0 Å². The lowest BCUT2D eigenvalue weighted by molar-refractivity contribution is 0.0932. The van der Waals surface area contributed by atoms with Crippen molar-refractivity contribution in [2.45, 2.75) is 6.04 Å². The van der Waals surface area contributed by atoms with Crippen molar-refractivity contribution in [2.24, 2.45) is 0 Å². The molecule has 0 spiro atoms. The van der Waals surface area contributed by atoms with Crippen molar-refractivity contribution in [3.8, 4) is 5.88 Å². The van der Waals surface area contributed by atoms with E-state index < -0.39 is 0 Å². The SMILES string of the molecule is O=C1c2cnc(Nc3ccc(N4CCNC(CO)C4)cc3)nc2OCN1c1c(Cl)cccc1Cl. The molecule has 2 aromatic carbocycles. The third-order valence-corrected chi connectivity index (χ3v) is 6.34. The number of nitrogens with zero attached hydrogens (tertiary/aromatic N) is 4. The molecule has 0 bridgehead atoms. The van der Waals surface area contributed by atoms with Crippen LogP contribution in [0.15, 0.2) is 48.7 Å². The number of fused-ring (bicyclic) bond motifs is 1. The van der Waals surface area contributed by atoms with Gasteiger partial charge in [0.25, 0.3) is 5.91 Å². The highest BCUT2D eigenvalue weighted by atomic mass is 35.5. The summed E-state index contributed by atoms with van der Waals surface area (Å²) in [5, 5.41) is 16.5. The number of carbonyl (C=O) groups is 1. The van der Waals surface area contributed by atoms with Crippen LogP contribution in [0.2, 0.25) is 10.0 Å². The Balaban J connectivity index is 1.30. The largest absolute Gasteiger partial charge is 0.455 e. The Kier molecular flexibility index (Phi) is 6.42. The minimum atomic E-state index is -0.343. The molecule has 1 fully saturated rings. The molecule has 2 aliphatic heterocycles. The maximum absolute atomic E-state index is 13.0.